The predicted octanol–water partition coefficient (Wildman–Crippen LogP) is 3.77. The molecule has 1 unspecified atom stereocenters. The molecule has 1 amide bonds. The molecule has 0 saturated heterocycles. The van der Waals surface area contributed by atoms with E-state index in [0.717, 1.165) is 4.47 Å². The number of hydrogen-bond donors (Lipinski definition) is 1. The number of amides is 1. The number of hydrazone groups is 1. The number of methoxy groups -OCH3 is 1. The maximum atomic E-state index is 12.2. The van der Waals surface area contributed by atoms with E-state index in [1.807, 2.05) is 25.1 Å². The molecule has 26 heavy (non-hydrogen) atoms. The number of hydrogen-bond acceptors (Lipinski definition) is 5. The van der Waals surface area contributed by atoms with Gasteiger partial charge in [-0.25, -0.2) is 5.43 Å². The van der Waals surface area contributed by atoms with Crippen LogP contribution in [-0.2, 0) is 4.79 Å². The second kappa shape index (κ2) is 9.82. The van der Waals surface area contributed by atoms with Crippen molar-refractivity contribution >= 4 is 28.1 Å². The summed E-state index contributed by atoms with van der Waals surface area (Å²) in [5.41, 5.74) is 3.17. The van der Waals surface area contributed by atoms with E-state index in [-0.39, 0.29) is 5.91 Å². The normalized spacial score (nSPS) is 11.8. The van der Waals surface area contributed by atoms with Crippen molar-refractivity contribution in [3.05, 3.63) is 52.5 Å². The fourth-order valence-electron chi connectivity index (χ4n) is 2.08. The molecule has 0 fully saturated rings. The van der Waals surface area contributed by atoms with Gasteiger partial charge >= 0.3 is 0 Å². The van der Waals surface area contributed by atoms with Crippen LogP contribution in [0.3, 0.4) is 0 Å². The fraction of sp³-hybridized carbons (Fsp3) is 0.263. The first kappa shape index (κ1) is 19.8. The second-order valence-corrected chi connectivity index (χ2v) is 6.12. The summed E-state index contributed by atoms with van der Waals surface area (Å²) in [6.45, 7) is 4.07. The van der Waals surface area contributed by atoms with Gasteiger partial charge in [-0.15, -0.1) is 0 Å². The van der Waals surface area contributed by atoms with E-state index in [9.17, 15) is 4.79 Å². The molecule has 2 aromatic carbocycles. The Morgan fingerprint density at radius 3 is 2.73 bits per heavy atom. The smallest absolute Gasteiger partial charge is 0.280 e. The molecule has 0 saturated carbocycles. The van der Waals surface area contributed by atoms with Crippen molar-refractivity contribution in [3.63, 3.8) is 0 Å². The molecule has 0 aliphatic rings. The first-order valence-electron chi connectivity index (χ1n) is 8.10. The number of benzene rings is 2. The molecule has 0 radical (unpaired) electrons. The molecular weight excluding hydrogens is 400 g/mol. The Bertz CT molecular complexity index is 780. The van der Waals surface area contributed by atoms with Crippen molar-refractivity contribution in [2.45, 2.75) is 20.0 Å². The molecule has 6 nitrogen and oxygen atoms in total. The molecule has 0 aliphatic carbocycles. The van der Waals surface area contributed by atoms with Crippen LogP contribution >= 0.6 is 15.9 Å². The highest BCUT2D eigenvalue weighted by Crippen LogP contribution is 2.25. The molecular formula is C19H21BrN2O4. The van der Waals surface area contributed by atoms with Gasteiger partial charge in [0.15, 0.2) is 6.10 Å². The maximum absolute atomic E-state index is 12.2. The lowest BCUT2D eigenvalue weighted by molar-refractivity contribution is -0.127. The van der Waals surface area contributed by atoms with Crippen molar-refractivity contribution < 1.29 is 19.0 Å². The maximum Gasteiger partial charge on any atom is 0.280 e. The minimum Gasteiger partial charge on any atom is -0.497 e. The van der Waals surface area contributed by atoms with E-state index in [0.29, 0.717) is 29.4 Å². The van der Waals surface area contributed by atoms with Gasteiger partial charge in [0.25, 0.3) is 5.91 Å². The summed E-state index contributed by atoms with van der Waals surface area (Å²) in [4.78, 5) is 12.2. The number of carbonyl (C=O) groups is 1. The summed E-state index contributed by atoms with van der Waals surface area (Å²) in [6, 6.07) is 12.7. The van der Waals surface area contributed by atoms with Gasteiger partial charge in [-0.3, -0.25) is 4.79 Å². The quantitative estimate of drug-likeness (QED) is 0.521. The van der Waals surface area contributed by atoms with E-state index in [1.54, 1.807) is 38.3 Å². The number of nitrogens with one attached hydrogen (secondary N) is 1. The van der Waals surface area contributed by atoms with Gasteiger partial charge in [-0.2, -0.15) is 5.10 Å². The summed E-state index contributed by atoms with van der Waals surface area (Å²) < 4.78 is 17.2. The van der Waals surface area contributed by atoms with Crippen LogP contribution in [0.4, 0.5) is 0 Å². The summed E-state index contributed by atoms with van der Waals surface area (Å²) >= 11 is 3.38. The molecule has 0 aliphatic heterocycles. The second-order valence-electron chi connectivity index (χ2n) is 5.26. The zero-order chi connectivity index (χ0) is 18.9. The van der Waals surface area contributed by atoms with Crippen LogP contribution in [0.2, 0.25) is 0 Å². The van der Waals surface area contributed by atoms with E-state index < -0.39 is 6.10 Å². The van der Waals surface area contributed by atoms with Gasteiger partial charge in [-0.05, 0) is 60.1 Å². The third kappa shape index (κ3) is 5.49. The van der Waals surface area contributed by atoms with Gasteiger partial charge < -0.3 is 14.2 Å². The molecule has 0 spiro atoms. The van der Waals surface area contributed by atoms with E-state index >= 15 is 0 Å². The molecule has 0 bridgehead atoms. The van der Waals surface area contributed by atoms with Crippen LogP contribution in [-0.4, -0.2) is 31.9 Å². The van der Waals surface area contributed by atoms with Crippen molar-refractivity contribution in [2.24, 2.45) is 5.10 Å². The molecule has 2 rings (SSSR count). The Balaban J connectivity index is 2.01. The van der Waals surface area contributed by atoms with Gasteiger partial charge in [0.1, 0.15) is 17.2 Å². The first-order chi connectivity index (χ1) is 12.5. The first-order valence-corrected chi connectivity index (χ1v) is 8.89. The third-order valence-electron chi connectivity index (χ3n) is 3.40. The fourth-order valence-corrected chi connectivity index (χ4v) is 2.46. The molecule has 138 valence electrons. The molecule has 2 aromatic rings. The van der Waals surface area contributed by atoms with Crippen LogP contribution in [0.5, 0.6) is 17.2 Å². The number of carbonyl (C=O) groups excluding carboxylic acids is 1. The van der Waals surface area contributed by atoms with Gasteiger partial charge in [0, 0.05) is 5.56 Å². The number of nitrogens with zero attached hydrogens (tertiary/aromatic N) is 1. The van der Waals surface area contributed by atoms with E-state index in [2.05, 4.69) is 26.5 Å². The van der Waals surface area contributed by atoms with E-state index in [1.165, 1.54) is 6.21 Å². The largest absolute Gasteiger partial charge is 0.497 e. The molecule has 0 heterocycles. The monoisotopic (exact) mass is 420 g/mol. The molecule has 0 aromatic heterocycles. The number of ether oxygens (including phenoxy) is 3. The molecule has 7 heteroatoms. The Hall–Kier alpha value is -2.54. The van der Waals surface area contributed by atoms with Gasteiger partial charge in [-0.1, -0.05) is 12.1 Å². The zero-order valence-corrected chi connectivity index (χ0v) is 16.4. The van der Waals surface area contributed by atoms with Gasteiger partial charge in [0.2, 0.25) is 0 Å². The Labute approximate surface area is 161 Å². The van der Waals surface area contributed by atoms with E-state index in [4.69, 9.17) is 14.2 Å². The number of para-hydroxylation sites is 1. The summed E-state index contributed by atoms with van der Waals surface area (Å²) in [5, 5.41) is 3.99. The summed E-state index contributed by atoms with van der Waals surface area (Å²) in [7, 11) is 1.58. The Morgan fingerprint density at radius 2 is 2.04 bits per heavy atom. The molecule has 1 atom stereocenters. The summed E-state index contributed by atoms with van der Waals surface area (Å²) in [6.07, 6.45) is 0.804. The summed E-state index contributed by atoms with van der Waals surface area (Å²) in [5.74, 6) is 1.55. The minimum atomic E-state index is -0.706. The highest BCUT2D eigenvalue weighted by Gasteiger charge is 2.15. The van der Waals surface area contributed by atoms with Gasteiger partial charge in [0.05, 0.1) is 24.4 Å². The highest BCUT2D eigenvalue weighted by molar-refractivity contribution is 9.10. The standard InChI is InChI=1S/C19H21BrN2O4/c1-4-25-17-10-9-15(24-3)11-14(17)12-21-22-19(23)13(2)26-18-8-6-5-7-16(18)20/h5-13H,4H2,1-3H3,(H,22,23). The van der Waals surface area contributed by atoms with Crippen LogP contribution in [0, 0.1) is 0 Å². The van der Waals surface area contributed by atoms with Crippen molar-refractivity contribution in [1.82, 2.24) is 5.43 Å². The molecule has 1 N–H and O–H groups in total. The average molecular weight is 421 g/mol. The van der Waals surface area contributed by atoms with Crippen molar-refractivity contribution in [1.29, 1.82) is 0 Å². The lowest BCUT2D eigenvalue weighted by Gasteiger charge is -2.14. The van der Waals surface area contributed by atoms with Crippen LogP contribution in [0.25, 0.3) is 0 Å². The predicted molar refractivity (Wildman–Crippen MR) is 104 cm³/mol. The van der Waals surface area contributed by atoms with Crippen molar-refractivity contribution in [3.8, 4) is 17.2 Å². The van der Waals surface area contributed by atoms with Crippen LogP contribution < -0.4 is 19.6 Å². The Morgan fingerprint density at radius 1 is 1.27 bits per heavy atom. The number of rotatable bonds is 8. The third-order valence-corrected chi connectivity index (χ3v) is 4.06. The Kier molecular flexibility index (Phi) is 7.47. The lowest BCUT2D eigenvalue weighted by atomic mass is 10.2. The van der Waals surface area contributed by atoms with Crippen molar-refractivity contribution in [2.75, 3.05) is 13.7 Å². The van der Waals surface area contributed by atoms with Crippen LogP contribution in [0.15, 0.2) is 52.0 Å². The lowest BCUT2D eigenvalue weighted by Crippen LogP contribution is -2.33. The minimum absolute atomic E-state index is 0.363. The number of halogens is 1. The zero-order valence-electron chi connectivity index (χ0n) is 14.9. The average Bonchev–Trinajstić information content (AvgIpc) is 2.64. The SMILES string of the molecule is CCOc1ccc(OC)cc1C=NNC(=O)C(C)Oc1ccccc1Br. The topological polar surface area (TPSA) is 69.2 Å². The van der Waals surface area contributed by atoms with Crippen LogP contribution in [0.1, 0.15) is 19.4 Å². The highest BCUT2D eigenvalue weighted by atomic mass is 79.9.